The average molecular weight is 377 g/mol. The van der Waals surface area contributed by atoms with Crippen molar-refractivity contribution in [3.63, 3.8) is 0 Å². The van der Waals surface area contributed by atoms with Crippen molar-refractivity contribution in [3.05, 3.63) is 66.9 Å². The fourth-order valence-corrected chi connectivity index (χ4v) is 3.30. The highest BCUT2D eigenvalue weighted by molar-refractivity contribution is 5.75. The first kappa shape index (κ1) is 18.0. The number of amides is 2. The topological polar surface area (TPSA) is 79.2 Å². The highest BCUT2D eigenvalue weighted by Gasteiger charge is 2.23. The third kappa shape index (κ3) is 3.95. The number of rotatable bonds is 4. The van der Waals surface area contributed by atoms with Crippen molar-refractivity contribution in [1.82, 2.24) is 30.0 Å². The minimum Gasteiger partial charge on any atom is -0.353 e. The number of aromatic nitrogens is 4. The van der Waals surface area contributed by atoms with Crippen molar-refractivity contribution in [1.29, 1.82) is 0 Å². The van der Waals surface area contributed by atoms with Crippen LogP contribution in [0.3, 0.4) is 0 Å². The van der Waals surface area contributed by atoms with Gasteiger partial charge in [0.1, 0.15) is 18.5 Å². The molecular weight excluding hydrogens is 354 g/mol. The van der Waals surface area contributed by atoms with Gasteiger partial charge in [0.05, 0.1) is 11.7 Å². The summed E-state index contributed by atoms with van der Waals surface area (Å²) in [7, 11) is 0. The molecule has 4 rings (SSSR count). The Morgan fingerprint density at radius 3 is 2.50 bits per heavy atom. The number of hydrogen-bond acceptors (Lipinski definition) is 5. The van der Waals surface area contributed by atoms with Crippen LogP contribution in [0, 0.1) is 0 Å². The Morgan fingerprint density at radius 2 is 1.86 bits per heavy atom. The summed E-state index contributed by atoms with van der Waals surface area (Å²) in [6.45, 7) is 4.92. The number of urea groups is 1. The van der Waals surface area contributed by atoms with Crippen molar-refractivity contribution in [2.45, 2.75) is 13.0 Å². The van der Waals surface area contributed by atoms with Crippen LogP contribution in [0.2, 0.25) is 0 Å². The van der Waals surface area contributed by atoms with Gasteiger partial charge >= 0.3 is 6.03 Å². The van der Waals surface area contributed by atoms with Gasteiger partial charge in [0.15, 0.2) is 0 Å². The van der Waals surface area contributed by atoms with Crippen LogP contribution in [0.4, 0.5) is 10.6 Å². The molecule has 0 saturated carbocycles. The second-order valence-corrected chi connectivity index (χ2v) is 6.76. The fraction of sp³-hybridized carbons (Fsp3) is 0.300. The standard InChI is InChI=1S/C20H23N7O/c1-16(17-5-7-18(8-6-17)27-15-21-14-23-27)24-20(28)26-12-10-25(11-13-26)19-4-2-3-9-22-19/h2-9,14-16H,10-13H2,1H3,(H,24,28). The summed E-state index contributed by atoms with van der Waals surface area (Å²) in [6.07, 6.45) is 4.96. The lowest BCUT2D eigenvalue weighted by Crippen LogP contribution is -2.52. The van der Waals surface area contributed by atoms with Gasteiger partial charge in [0.2, 0.25) is 0 Å². The molecule has 1 saturated heterocycles. The normalized spacial score (nSPS) is 15.3. The van der Waals surface area contributed by atoms with E-state index in [1.165, 1.54) is 6.33 Å². The van der Waals surface area contributed by atoms with E-state index in [-0.39, 0.29) is 12.1 Å². The van der Waals surface area contributed by atoms with Crippen LogP contribution in [0.25, 0.3) is 5.69 Å². The van der Waals surface area contributed by atoms with Gasteiger partial charge in [0.25, 0.3) is 0 Å². The van der Waals surface area contributed by atoms with E-state index < -0.39 is 0 Å². The quantitative estimate of drug-likeness (QED) is 0.754. The molecule has 1 aliphatic rings. The first-order valence-corrected chi connectivity index (χ1v) is 9.37. The molecular formula is C20H23N7O. The highest BCUT2D eigenvalue weighted by atomic mass is 16.2. The van der Waals surface area contributed by atoms with Crippen molar-refractivity contribution in [3.8, 4) is 5.69 Å². The maximum Gasteiger partial charge on any atom is 0.317 e. The number of hydrogen-bond donors (Lipinski definition) is 1. The first-order chi connectivity index (χ1) is 13.7. The van der Waals surface area contributed by atoms with Gasteiger partial charge in [-0.3, -0.25) is 0 Å². The van der Waals surface area contributed by atoms with Crippen LogP contribution < -0.4 is 10.2 Å². The predicted octanol–water partition coefficient (Wildman–Crippen LogP) is 2.26. The second kappa shape index (κ2) is 8.08. The fourth-order valence-electron chi connectivity index (χ4n) is 3.30. The number of carbonyl (C=O) groups is 1. The lowest BCUT2D eigenvalue weighted by molar-refractivity contribution is 0.191. The summed E-state index contributed by atoms with van der Waals surface area (Å²) in [4.78, 5) is 25.0. The molecule has 3 aromatic rings. The number of nitrogens with one attached hydrogen (secondary N) is 1. The molecule has 2 aromatic heterocycles. The molecule has 0 spiro atoms. The average Bonchev–Trinajstić information content (AvgIpc) is 3.29. The Hall–Kier alpha value is -3.42. The largest absolute Gasteiger partial charge is 0.353 e. The van der Waals surface area contributed by atoms with E-state index in [0.717, 1.165) is 30.2 Å². The molecule has 0 aliphatic carbocycles. The SMILES string of the molecule is CC(NC(=O)N1CCN(c2ccccn2)CC1)c1ccc(-n2cncn2)cc1. The first-order valence-electron chi connectivity index (χ1n) is 9.37. The summed E-state index contributed by atoms with van der Waals surface area (Å²) in [5.41, 5.74) is 1.98. The van der Waals surface area contributed by atoms with E-state index >= 15 is 0 Å². The van der Waals surface area contributed by atoms with Crippen molar-refractivity contribution in [2.75, 3.05) is 31.1 Å². The summed E-state index contributed by atoms with van der Waals surface area (Å²) in [5, 5.41) is 7.21. The molecule has 0 bridgehead atoms. The third-order valence-electron chi connectivity index (χ3n) is 4.96. The molecule has 1 N–H and O–H groups in total. The van der Waals surface area contributed by atoms with Gasteiger partial charge < -0.3 is 15.1 Å². The van der Waals surface area contributed by atoms with E-state index in [1.54, 1.807) is 17.2 Å². The van der Waals surface area contributed by atoms with Gasteiger partial charge in [0, 0.05) is 32.4 Å². The molecule has 144 valence electrons. The molecule has 1 atom stereocenters. The Bertz CT molecular complexity index is 888. The van der Waals surface area contributed by atoms with E-state index in [4.69, 9.17) is 0 Å². The molecule has 8 nitrogen and oxygen atoms in total. The van der Waals surface area contributed by atoms with Crippen LogP contribution in [0.5, 0.6) is 0 Å². The van der Waals surface area contributed by atoms with Crippen LogP contribution in [-0.2, 0) is 0 Å². The lowest BCUT2D eigenvalue weighted by atomic mass is 10.1. The Morgan fingerprint density at radius 1 is 1.07 bits per heavy atom. The molecule has 8 heteroatoms. The molecule has 3 heterocycles. The van der Waals surface area contributed by atoms with Gasteiger partial charge in [-0.15, -0.1) is 0 Å². The summed E-state index contributed by atoms with van der Waals surface area (Å²) in [6, 6.07) is 13.7. The summed E-state index contributed by atoms with van der Waals surface area (Å²) < 4.78 is 1.70. The van der Waals surface area contributed by atoms with Gasteiger partial charge in [-0.1, -0.05) is 18.2 Å². The molecule has 1 unspecified atom stereocenters. The number of benzene rings is 1. The zero-order chi connectivity index (χ0) is 19.3. The zero-order valence-corrected chi connectivity index (χ0v) is 15.8. The lowest BCUT2D eigenvalue weighted by Gasteiger charge is -2.35. The Labute approximate surface area is 163 Å². The number of pyridine rings is 1. The van der Waals surface area contributed by atoms with Crippen molar-refractivity contribution in [2.24, 2.45) is 0 Å². The van der Waals surface area contributed by atoms with Crippen LogP contribution in [0.1, 0.15) is 18.5 Å². The second-order valence-electron chi connectivity index (χ2n) is 6.76. The van der Waals surface area contributed by atoms with E-state index in [1.807, 2.05) is 54.3 Å². The number of nitrogens with zero attached hydrogens (tertiary/aromatic N) is 6. The van der Waals surface area contributed by atoms with Gasteiger partial charge in [-0.2, -0.15) is 5.10 Å². The number of anilines is 1. The highest BCUT2D eigenvalue weighted by Crippen LogP contribution is 2.17. The minimum absolute atomic E-state index is 0.0338. The van der Waals surface area contributed by atoms with Gasteiger partial charge in [-0.25, -0.2) is 19.4 Å². The maximum absolute atomic E-state index is 12.6. The molecule has 0 radical (unpaired) electrons. The minimum atomic E-state index is -0.0777. The zero-order valence-electron chi connectivity index (χ0n) is 15.8. The smallest absolute Gasteiger partial charge is 0.317 e. The van der Waals surface area contributed by atoms with Crippen molar-refractivity contribution < 1.29 is 4.79 Å². The molecule has 1 aromatic carbocycles. The maximum atomic E-state index is 12.6. The number of piperazine rings is 1. The molecule has 1 aliphatic heterocycles. The third-order valence-corrected chi connectivity index (χ3v) is 4.96. The molecule has 2 amide bonds. The van der Waals surface area contributed by atoms with E-state index in [0.29, 0.717) is 13.1 Å². The summed E-state index contributed by atoms with van der Waals surface area (Å²) >= 11 is 0. The molecule has 1 fully saturated rings. The Balaban J connectivity index is 1.31. The number of carbonyl (C=O) groups excluding carboxylic acids is 1. The van der Waals surface area contributed by atoms with Crippen LogP contribution in [0.15, 0.2) is 61.3 Å². The van der Waals surface area contributed by atoms with E-state index in [2.05, 4.69) is 25.3 Å². The Kier molecular flexibility index (Phi) is 5.18. The van der Waals surface area contributed by atoms with E-state index in [9.17, 15) is 4.79 Å². The summed E-state index contributed by atoms with van der Waals surface area (Å²) in [5.74, 6) is 0.961. The monoisotopic (exact) mass is 377 g/mol. The van der Waals surface area contributed by atoms with Crippen molar-refractivity contribution >= 4 is 11.8 Å². The van der Waals surface area contributed by atoms with Gasteiger partial charge in [-0.05, 0) is 36.8 Å². The van der Waals surface area contributed by atoms with Crippen LogP contribution >= 0.6 is 0 Å². The van der Waals surface area contributed by atoms with Crippen LogP contribution in [-0.4, -0.2) is 56.9 Å². The molecule has 28 heavy (non-hydrogen) atoms. The predicted molar refractivity (Wildman–Crippen MR) is 106 cm³/mol.